The van der Waals surface area contributed by atoms with Crippen LogP contribution in [0.15, 0.2) is 108 Å². The van der Waals surface area contributed by atoms with Crippen molar-refractivity contribution in [2.75, 3.05) is 7.05 Å². The summed E-state index contributed by atoms with van der Waals surface area (Å²) in [6.07, 6.45) is 3.85. The fraction of sp³-hybridized carbons (Fsp3) is 0.154. The maximum atomic E-state index is 13.4. The number of thioether (sulfide) groups is 1. The second-order valence-corrected chi connectivity index (χ2v) is 8.63. The quantitative estimate of drug-likeness (QED) is 0.352. The van der Waals surface area contributed by atoms with Gasteiger partial charge in [0.1, 0.15) is 5.25 Å². The highest BCUT2D eigenvalue weighted by Crippen LogP contribution is 2.36. The van der Waals surface area contributed by atoms with Crippen LogP contribution in [0.3, 0.4) is 0 Å². The summed E-state index contributed by atoms with van der Waals surface area (Å²) in [6, 6.07) is 30.3. The normalized spacial score (nSPS) is 11.8. The number of hydrogen-bond donors (Lipinski definition) is 0. The fourth-order valence-corrected chi connectivity index (χ4v) is 4.58. The van der Waals surface area contributed by atoms with Crippen LogP contribution in [-0.2, 0) is 17.9 Å². The van der Waals surface area contributed by atoms with E-state index in [-0.39, 0.29) is 11.2 Å². The van der Waals surface area contributed by atoms with Crippen LogP contribution in [0.25, 0.3) is 0 Å². The van der Waals surface area contributed by atoms with Gasteiger partial charge in [-0.2, -0.15) is 5.10 Å². The Labute approximate surface area is 187 Å². The number of amides is 1. The molecule has 0 radical (unpaired) electrons. The first-order valence-electron chi connectivity index (χ1n) is 10.3. The van der Waals surface area contributed by atoms with Gasteiger partial charge in [0, 0.05) is 30.2 Å². The van der Waals surface area contributed by atoms with Crippen molar-refractivity contribution in [3.05, 3.63) is 120 Å². The number of likely N-dealkylation sites (N-methyl/N-ethyl adjacent to an activating group) is 1. The first kappa shape index (κ1) is 20.9. The molecule has 0 bridgehead atoms. The molecular formula is C26H25N3OS. The van der Waals surface area contributed by atoms with Crippen LogP contribution in [0, 0.1) is 0 Å². The van der Waals surface area contributed by atoms with Crippen LogP contribution in [0.4, 0.5) is 0 Å². The summed E-state index contributed by atoms with van der Waals surface area (Å²) in [6.45, 7) is 1.24. The molecule has 1 atom stereocenters. The van der Waals surface area contributed by atoms with E-state index in [2.05, 4.69) is 17.2 Å². The summed E-state index contributed by atoms with van der Waals surface area (Å²) in [5.41, 5.74) is 3.22. The number of aromatic nitrogens is 2. The highest BCUT2D eigenvalue weighted by molar-refractivity contribution is 8.00. The molecular weight excluding hydrogens is 402 g/mol. The molecule has 0 aliphatic rings. The zero-order chi connectivity index (χ0) is 21.5. The number of carbonyl (C=O) groups excluding carboxylic acids is 1. The van der Waals surface area contributed by atoms with Gasteiger partial charge < -0.3 is 4.90 Å². The van der Waals surface area contributed by atoms with E-state index in [1.807, 2.05) is 103 Å². The van der Waals surface area contributed by atoms with E-state index in [4.69, 9.17) is 0 Å². The zero-order valence-corrected chi connectivity index (χ0v) is 18.3. The smallest absolute Gasteiger partial charge is 0.240 e. The van der Waals surface area contributed by atoms with Gasteiger partial charge in [-0.3, -0.25) is 9.48 Å². The summed E-state index contributed by atoms with van der Waals surface area (Å²) >= 11 is 1.58. The Hall–Kier alpha value is -3.31. The third-order valence-electron chi connectivity index (χ3n) is 4.99. The van der Waals surface area contributed by atoms with Crippen LogP contribution < -0.4 is 0 Å². The summed E-state index contributed by atoms with van der Waals surface area (Å²) in [5, 5.41) is 4.17. The average Bonchev–Trinajstić information content (AvgIpc) is 3.25. The molecule has 156 valence electrons. The second kappa shape index (κ2) is 10.1. The van der Waals surface area contributed by atoms with Crippen molar-refractivity contribution in [3.63, 3.8) is 0 Å². The largest absolute Gasteiger partial charge is 0.340 e. The van der Waals surface area contributed by atoms with Crippen molar-refractivity contribution in [1.29, 1.82) is 0 Å². The fourth-order valence-electron chi connectivity index (χ4n) is 3.42. The predicted octanol–water partition coefficient (Wildman–Crippen LogP) is 5.42. The standard InChI is InChI=1S/C26H25N3OS/c1-28(18-22-17-27-29(20-22)19-21-11-5-2-6-12-21)26(30)25(23-13-7-3-8-14-23)31-24-15-9-4-10-16-24/h2-17,20,25H,18-19H2,1H3/t25-/m0/s1. The van der Waals surface area contributed by atoms with E-state index in [9.17, 15) is 4.79 Å². The lowest BCUT2D eigenvalue weighted by Crippen LogP contribution is -2.30. The van der Waals surface area contributed by atoms with Gasteiger partial charge in [-0.1, -0.05) is 78.9 Å². The second-order valence-electron chi connectivity index (χ2n) is 7.45. The van der Waals surface area contributed by atoms with Gasteiger partial charge in [-0.25, -0.2) is 0 Å². The van der Waals surface area contributed by atoms with Gasteiger partial charge >= 0.3 is 0 Å². The molecule has 0 saturated heterocycles. The Morgan fingerprint density at radius 1 is 0.903 bits per heavy atom. The molecule has 0 saturated carbocycles. The molecule has 1 heterocycles. The van der Waals surface area contributed by atoms with Gasteiger partial charge in [-0.05, 0) is 23.3 Å². The number of benzene rings is 3. The van der Waals surface area contributed by atoms with Crippen molar-refractivity contribution in [2.45, 2.75) is 23.2 Å². The van der Waals surface area contributed by atoms with E-state index in [0.29, 0.717) is 6.54 Å². The number of nitrogens with zero attached hydrogens (tertiary/aromatic N) is 3. The van der Waals surface area contributed by atoms with Crippen LogP contribution in [0.2, 0.25) is 0 Å². The molecule has 0 aliphatic heterocycles. The van der Waals surface area contributed by atoms with Gasteiger partial charge in [-0.15, -0.1) is 11.8 Å². The lowest BCUT2D eigenvalue weighted by Gasteiger charge is -2.23. The van der Waals surface area contributed by atoms with Gasteiger partial charge in [0.15, 0.2) is 0 Å². The average molecular weight is 428 g/mol. The molecule has 0 aliphatic carbocycles. The number of hydrogen-bond acceptors (Lipinski definition) is 3. The van der Waals surface area contributed by atoms with E-state index >= 15 is 0 Å². The first-order chi connectivity index (χ1) is 15.2. The molecule has 4 aromatic rings. The molecule has 0 N–H and O–H groups in total. The highest BCUT2D eigenvalue weighted by Gasteiger charge is 2.25. The van der Waals surface area contributed by atoms with E-state index in [0.717, 1.165) is 22.6 Å². The van der Waals surface area contributed by atoms with Crippen molar-refractivity contribution < 1.29 is 4.79 Å². The molecule has 31 heavy (non-hydrogen) atoms. The topological polar surface area (TPSA) is 38.1 Å². The predicted molar refractivity (Wildman–Crippen MR) is 126 cm³/mol. The molecule has 1 aromatic heterocycles. The Bertz CT molecular complexity index is 1100. The minimum atomic E-state index is -0.298. The number of carbonyl (C=O) groups is 1. The highest BCUT2D eigenvalue weighted by atomic mass is 32.2. The lowest BCUT2D eigenvalue weighted by atomic mass is 10.1. The van der Waals surface area contributed by atoms with Crippen LogP contribution in [-0.4, -0.2) is 27.6 Å². The molecule has 4 nitrogen and oxygen atoms in total. The van der Waals surface area contributed by atoms with Crippen molar-refractivity contribution in [2.24, 2.45) is 0 Å². The maximum absolute atomic E-state index is 13.4. The van der Waals surface area contributed by atoms with Crippen molar-refractivity contribution >= 4 is 17.7 Å². The minimum Gasteiger partial charge on any atom is -0.340 e. The molecule has 4 rings (SSSR count). The Morgan fingerprint density at radius 3 is 2.19 bits per heavy atom. The van der Waals surface area contributed by atoms with Gasteiger partial charge in [0.25, 0.3) is 0 Å². The zero-order valence-electron chi connectivity index (χ0n) is 17.5. The monoisotopic (exact) mass is 427 g/mol. The first-order valence-corrected chi connectivity index (χ1v) is 11.1. The molecule has 0 fully saturated rings. The summed E-state index contributed by atoms with van der Waals surface area (Å²) < 4.78 is 1.91. The molecule has 1 amide bonds. The summed E-state index contributed by atoms with van der Waals surface area (Å²) in [4.78, 5) is 16.3. The van der Waals surface area contributed by atoms with Crippen molar-refractivity contribution in [1.82, 2.24) is 14.7 Å². The van der Waals surface area contributed by atoms with Crippen LogP contribution in [0.1, 0.15) is 21.9 Å². The van der Waals surface area contributed by atoms with E-state index in [1.54, 1.807) is 16.7 Å². The van der Waals surface area contributed by atoms with Gasteiger partial charge in [0.05, 0.1) is 12.7 Å². The van der Waals surface area contributed by atoms with Crippen LogP contribution in [0.5, 0.6) is 0 Å². The Kier molecular flexibility index (Phi) is 6.85. The number of rotatable bonds is 8. The minimum absolute atomic E-state index is 0.0795. The van der Waals surface area contributed by atoms with Gasteiger partial charge in [0.2, 0.25) is 5.91 Å². The SMILES string of the molecule is CN(Cc1cnn(Cc2ccccc2)c1)C(=O)[C@@H](Sc1ccccc1)c1ccccc1. The third kappa shape index (κ3) is 5.64. The molecule has 0 unspecified atom stereocenters. The maximum Gasteiger partial charge on any atom is 0.240 e. The molecule has 5 heteroatoms. The summed E-state index contributed by atoms with van der Waals surface area (Å²) in [5.74, 6) is 0.0795. The molecule has 0 spiro atoms. The summed E-state index contributed by atoms with van der Waals surface area (Å²) in [7, 11) is 1.86. The van der Waals surface area contributed by atoms with Crippen LogP contribution >= 0.6 is 11.8 Å². The lowest BCUT2D eigenvalue weighted by molar-refractivity contribution is -0.129. The Balaban J connectivity index is 1.47. The third-order valence-corrected chi connectivity index (χ3v) is 6.25. The molecule has 3 aromatic carbocycles. The van der Waals surface area contributed by atoms with Crippen molar-refractivity contribution in [3.8, 4) is 0 Å². The Morgan fingerprint density at radius 2 is 1.52 bits per heavy atom. The van der Waals surface area contributed by atoms with E-state index < -0.39 is 0 Å². The van der Waals surface area contributed by atoms with E-state index in [1.165, 1.54) is 5.56 Å².